The van der Waals surface area contributed by atoms with Gasteiger partial charge in [-0.15, -0.1) is 12.4 Å². The molecule has 1 fully saturated rings. The van der Waals surface area contributed by atoms with Crippen LogP contribution in [0.25, 0.3) is 0 Å². The minimum Gasteiger partial charge on any atom is -0.366 e. The van der Waals surface area contributed by atoms with Gasteiger partial charge in [-0.2, -0.15) is 0 Å². The second kappa shape index (κ2) is 9.34. The van der Waals surface area contributed by atoms with Crippen LogP contribution in [0.5, 0.6) is 0 Å². The zero-order chi connectivity index (χ0) is 15.9. The van der Waals surface area contributed by atoms with Gasteiger partial charge in [0.15, 0.2) is 0 Å². The fourth-order valence-corrected chi connectivity index (χ4v) is 2.02. The molecule has 1 aromatic carbocycles. The van der Waals surface area contributed by atoms with Crippen molar-refractivity contribution in [2.75, 3.05) is 30.3 Å². The number of hydrogen-bond acceptors (Lipinski definition) is 4. The van der Waals surface area contributed by atoms with Crippen LogP contribution in [0.15, 0.2) is 24.3 Å². The highest BCUT2D eigenvalue weighted by molar-refractivity contribution is 5.95. The van der Waals surface area contributed by atoms with Crippen molar-refractivity contribution in [3.63, 3.8) is 0 Å². The Hall–Kier alpha value is -1.83. The highest BCUT2D eigenvalue weighted by Gasteiger charge is 2.21. The first kappa shape index (κ1) is 19.2. The first-order chi connectivity index (χ1) is 10.5. The van der Waals surface area contributed by atoms with Gasteiger partial charge in [0.25, 0.3) is 5.91 Å². The first-order valence-electron chi connectivity index (χ1n) is 7.35. The van der Waals surface area contributed by atoms with Gasteiger partial charge in [0.1, 0.15) is 6.10 Å². The van der Waals surface area contributed by atoms with Crippen LogP contribution in [0.4, 0.5) is 16.2 Å². The zero-order valence-corrected chi connectivity index (χ0v) is 14.0. The molecule has 1 aromatic rings. The third-order valence-corrected chi connectivity index (χ3v) is 3.05. The molecule has 0 bridgehead atoms. The van der Waals surface area contributed by atoms with E-state index in [1.54, 1.807) is 24.3 Å². The Kier molecular flexibility index (Phi) is 7.80. The van der Waals surface area contributed by atoms with E-state index in [9.17, 15) is 9.59 Å². The molecule has 1 atom stereocenters. The average Bonchev–Trinajstić information content (AvgIpc) is 2.49. The predicted octanol–water partition coefficient (Wildman–Crippen LogP) is 1.57. The van der Waals surface area contributed by atoms with E-state index in [1.807, 2.05) is 13.8 Å². The molecule has 1 aliphatic rings. The van der Waals surface area contributed by atoms with Crippen LogP contribution in [0.3, 0.4) is 0 Å². The molecule has 0 saturated carbocycles. The maximum atomic E-state index is 12.0. The van der Waals surface area contributed by atoms with Gasteiger partial charge in [0.2, 0.25) is 0 Å². The fourth-order valence-electron chi connectivity index (χ4n) is 2.02. The number of urea groups is 1. The summed E-state index contributed by atoms with van der Waals surface area (Å²) in [6, 6.07) is 6.75. The van der Waals surface area contributed by atoms with Crippen molar-refractivity contribution in [3.05, 3.63) is 24.3 Å². The summed E-state index contributed by atoms with van der Waals surface area (Å²) in [4.78, 5) is 23.6. The summed E-state index contributed by atoms with van der Waals surface area (Å²) in [5.41, 5.74) is 1.32. The lowest BCUT2D eigenvalue weighted by molar-refractivity contribution is -0.128. The summed E-state index contributed by atoms with van der Waals surface area (Å²) in [5, 5.41) is 11.4. The summed E-state index contributed by atoms with van der Waals surface area (Å²) in [6.45, 7) is 5.59. The van der Waals surface area contributed by atoms with E-state index in [0.717, 1.165) is 6.54 Å². The Morgan fingerprint density at radius 2 is 1.78 bits per heavy atom. The van der Waals surface area contributed by atoms with Crippen LogP contribution in [0.2, 0.25) is 0 Å². The molecule has 0 aliphatic carbocycles. The first-order valence-corrected chi connectivity index (χ1v) is 7.35. The number of nitrogens with one attached hydrogen (secondary N) is 4. The number of benzene rings is 1. The van der Waals surface area contributed by atoms with Crippen molar-refractivity contribution in [1.82, 2.24) is 10.6 Å². The van der Waals surface area contributed by atoms with Gasteiger partial charge < -0.3 is 26.0 Å². The Balaban J connectivity index is 0.00000264. The lowest BCUT2D eigenvalue weighted by Crippen LogP contribution is -2.45. The summed E-state index contributed by atoms with van der Waals surface area (Å²) >= 11 is 0. The summed E-state index contributed by atoms with van der Waals surface area (Å²) in [5.74, 6) is -0.175. The summed E-state index contributed by atoms with van der Waals surface area (Å²) < 4.78 is 5.39. The normalized spacial score (nSPS) is 17.1. The van der Waals surface area contributed by atoms with Gasteiger partial charge in [-0.3, -0.25) is 4.79 Å². The molecule has 8 heteroatoms. The van der Waals surface area contributed by atoms with E-state index < -0.39 is 6.10 Å². The maximum Gasteiger partial charge on any atom is 0.319 e. The van der Waals surface area contributed by atoms with E-state index in [4.69, 9.17) is 4.74 Å². The van der Waals surface area contributed by atoms with Gasteiger partial charge >= 0.3 is 6.03 Å². The minimum absolute atomic E-state index is 0. The number of carbonyl (C=O) groups is 2. The molecular formula is C15H23ClN4O3. The average molecular weight is 343 g/mol. The molecule has 4 N–H and O–H groups in total. The lowest BCUT2D eigenvalue weighted by atomic mass is 10.2. The highest BCUT2D eigenvalue weighted by Crippen LogP contribution is 2.14. The molecule has 3 amide bonds. The van der Waals surface area contributed by atoms with Crippen LogP contribution in [-0.2, 0) is 9.53 Å². The zero-order valence-electron chi connectivity index (χ0n) is 13.2. The van der Waals surface area contributed by atoms with E-state index in [0.29, 0.717) is 24.5 Å². The molecule has 1 unspecified atom stereocenters. The topological polar surface area (TPSA) is 91.5 Å². The second-order valence-electron chi connectivity index (χ2n) is 5.38. The monoisotopic (exact) mass is 342 g/mol. The predicted molar refractivity (Wildman–Crippen MR) is 92.2 cm³/mol. The van der Waals surface area contributed by atoms with Crippen molar-refractivity contribution in [2.45, 2.75) is 26.0 Å². The van der Waals surface area contributed by atoms with E-state index >= 15 is 0 Å². The van der Waals surface area contributed by atoms with E-state index in [2.05, 4.69) is 21.3 Å². The van der Waals surface area contributed by atoms with Gasteiger partial charge in [0.05, 0.1) is 6.61 Å². The van der Waals surface area contributed by atoms with Crippen LogP contribution in [-0.4, -0.2) is 43.8 Å². The van der Waals surface area contributed by atoms with Gasteiger partial charge in [0, 0.05) is 30.5 Å². The number of hydrogen-bond donors (Lipinski definition) is 4. The molecule has 0 spiro atoms. The lowest BCUT2D eigenvalue weighted by Gasteiger charge is -2.22. The Morgan fingerprint density at radius 1 is 1.17 bits per heavy atom. The van der Waals surface area contributed by atoms with Crippen LogP contribution >= 0.6 is 12.4 Å². The molecule has 0 aromatic heterocycles. The number of halogens is 1. The molecule has 7 nitrogen and oxygen atoms in total. The second-order valence-corrected chi connectivity index (χ2v) is 5.38. The van der Waals surface area contributed by atoms with Crippen molar-refractivity contribution in [1.29, 1.82) is 0 Å². The number of amides is 3. The van der Waals surface area contributed by atoms with Gasteiger partial charge in [-0.05, 0) is 38.1 Å². The third-order valence-electron chi connectivity index (χ3n) is 3.05. The van der Waals surface area contributed by atoms with E-state index in [1.165, 1.54) is 0 Å². The Morgan fingerprint density at radius 3 is 2.30 bits per heavy atom. The molecule has 23 heavy (non-hydrogen) atoms. The standard InChI is InChI=1S/C15H22N4O3.ClH/c1-10(2)17-15(21)19-12-5-3-11(4-6-12)18-14(20)13-9-16-7-8-22-13;/h3-6,10,13,16H,7-9H2,1-2H3,(H,18,20)(H2,17,19,21);1H. The van der Waals surface area contributed by atoms with Crippen molar-refractivity contribution < 1.29 is 14.3 Å². The quantitative estimate of drug-likeness (QED) is 0.668. The molecule has 1 heterocycles. The number of carbonyl (C=O) groups excluding carboxylic acids is 2. The minimum atomic E-state index is -0.469. The van der Waals surface area contributed by atoms with Gasteiger partial charge in [-0.1, -0.05) is 0 Å². The highest BCUT2D eigenvalue weighted by atomic mass is 35.5. The smallest absolute Gasteiger partial charge is 0.319 e. The van der Waals surface area contributed by atoms with Crippen LogP contribution in [0.1, 0.15) is 13.8 Å². The van der Waals surface area contributed by atoms with Crippen LogP contribution < -0.4 is 21.3 Å². The molecular weight excluding hydrogens is 320 g/mol. The molecule has 1 saturated heterocycles. The fraction of sp³-hybridized carbons (Fsp3) is 0.467. The largest absolute Gasteiger partial charge is 0.366 e. The maximum absolute atomic E-state index is 12.0. The van der Waals surface area contributed by atoms with E-state index in [-0.39, 0.29) is 30.4 Å². The van der Waals surface area contributed by atoms with Crippen molar-refractivity contribution in [2.24, 2.45) is 0 Å². The number of rotatable bonds is 4. The Labute approximate surface area is 141 Å². The number of anilines is 2. The van der Waals surface area contributed by atoms with Crippen molar-refractivity contribution >= 4 is 35.7 Å². The molecule has 0 radical (unpaired) electrons. The molecule has 2 rings (SSSR count). The van der Waals surface area contributed by atoms with Crippen LogP contribution in [0, 0.1) is 0 Å². The van der Waals surface area contributed by atoms with Crippen molar-refractivity contribution in [3.8, 4) is 0 Å². The third kappa shape index (κ3) is 6.43. The number of ether oxygens (including phenoxy) is 1. The SMILES string of the molecule is CC(C)NC(=O)Nc1ccc(NC(=O)C2CNCCO2)cc1.Cl. The Bertz CT molecular complexity index is 516. The summed E-state index contributed by atoms with van der Waals surface area (Å²) in [6.07, 6.45) is -0.469. The summed E-state index contributed by atoms with van der Waals surface area (Å²) in [7, 11) is 0. The molecule has 1 aliphatic heterocycles. The number of morpholine rings is 1. The van der Waals surface area contributed by atoms with Gasteiger partial charge in [-0.25, -0.2) is 4.79 Å². The molecule has 128 valence electrons.